The summed E-state index contributed by atoms with van der Waals surface area (Å²) in [5.74, 6) is -1.10. The Kier molecular flexibility index (Phi) is 5.58. The lowest BCUT2D eigenvalue weighted by Gasteiger charge is -2.04. The van der Waals surface area contributed by atoms with Crippen LogP contribution in [0.1, 0.15) is 15.9 Å². The number of aromatic nitrogens is 1. The Hall–Kier alpha value is -3.26. The maximum Gasteiger partial charge on any atom is 0.288 e. The Morgan fingerprint density at radius 2 is 1.88 bits per heavy atom. The van der Waals surface area contributed by atoms with E-state index in [-0.39, 0.29) is 10.7 Å². The number of hydrazine groups is 1. The lowest BCUT2D eigenvalue weighted by atomic mass is 10.2. The number of nitro benzene ring substituents is 1. The van der Waals surface area contributed by atoms with Crippen molar-refractivity contribution in [2.24, 2.45) is 0 Å². The van der Waals surface area contributed by atoms with Crippen LogP contribution < -0.4 is 10.9 Å². The van der Waals surface area contributed by atoms with E-state index in [1.807, 2.05) is 0 Å². The summed E-state index contributed by atoms with van der Waals surface area (Å²) in [6.45, 7) is 0. The third-order valence-corrected chi connectivity index (χ3v) is 3.16. The Balaban J connectivity index is 1.95. The molecular weight excluding hydrogens is 336 g/mol. The predicted octanol–water partition coefficient (Wildman–Crippen LogP) is 2.12. The molecule has 1 aromatic heterocycles. The molecule has 1 heterocycles. The number of nitro groups is 1. The summed E-state index contributed by atoms with van der Waals surface area (Å²) >= 11 is 5.70. The van der Waals surface area contributed by atoms with E-state index >= 15 is 0 Å². The van der Waals surface area contributed by atoms with Gasteiger partial charge in [-0.3, -0.25) is 35.5 Å². The van der Waals surface area contributed by atoms with Crippen molar-refractivity contribution in [2.45, 2.75) is 0 Å². The monoisotopic (exact) mass is 346 g/mol. The van der Waals surface area contributed by atoms with Gasteiger partial charge in [0.05, 0.1) is 4.92 Å². The van der Waals surface area contributed by atoms with Crippen LogP contribution in [0.2, 0.25) is 5.02 Å². The second-order valence-electron chi connectivity index (χ2n) is 4.48. The number of carbonyl (C=O) groups excluding carboxylic acids is 2. The van der Waals surface area contributed by atoms with E-state index in [0.29, 0.717) is 11.1 Å². The first-order valence-corrected chi connectivity index (χ1v) is 6.97. The minimum atomic E-state index is -0.616. The molecule has 0 aliphatic rings. The average molecular weight is 347 g/mol. The van der Waals surface area contributed by atoms with Gasteiger partial charge in [-0.05, 0) is 29.8 Å². The molecule has 1 aromatic carbocycles. The highest BCUT2D eigenvalue weighted by molar-refractivity contribution is 6.32. The highest BCUT2D eigenvalue weighted by Crippen LogP contribution is 2.25. The van der Waals surface area contributed by atoms with E-state index in [2.05, 4.69) is 15.8 Å². The highest BCUT2D eigenvalue weighted by Gasteiger charge is 2.11. The summed E-state index contributed by atoms with van der Waals surface area (Å²) < 4.78 is 0. The summed E-state index contributed by atoms with van der Waals surface area (Å²) in [6.07, 6.45) is 5.38. The van der Waals surface area contributed by atoms with Crippen molar-refractivity contribution in [3.05, 3.63) is 75.1 Å². The van der Waals surface area contributed by atoms with Crippen LogP contribution in [0.25, 0.3) is 6.08 Å². The molecule has 122 valence electrons. The molecule has 2 rings (SSSR count). The van der Waals surface area contributed by atoms with E-state index in [1.165, 1.54) is 48.8 Å². The molecule has 2 N–H and O–H groups in total. The topological polar surface area (TPSA) is 114 Å². The number of hydrogen-bond donors (Lipinski definition) is 2. The van der Waals surface area contributed by atoms with Crippen LogP contribution in [0.3, 0.4) is 0 Å². The van der Waals surface area contributed by atoms with Gasteiger partial charge < -0.3 is 0 Å². The van der Waals surface area contributed by atoms with Crippen LogP contribution in [-0.2, 0) is 4.79 Å². The zero-order valence-electron chi connectivity index (χ0n) is 12.1. The largest absolute Gasteiger partial charge is 0.288 e. The van der Waals surface area contributed by atoms with Gasteiger partial charge in [-0.25, -0.2) is 0 Å². The van der Waals surface area contributed by atoms with E-state index < -0.39 is 16.7 Å². The molecule has 8 nitrogen and oxygen atoms in total. The summed E-state index contributed by atoms with van der Waals surface area (Å²) in [6, 6.07) is 7.10. The van der Waals surface area contributed by atoms with E-state index in [1.54, 1.807) is 0 Å². The zero-order chi connectivity index (χ0) is 17.5. The number of hydrogen-bond acceptors (Lipinski definition) is 5. The Labute approximate surface area is 141 Å². The third kappa shape index (κ3) is 4.62. The molecule has 0 bridgehead atoms. The van der Waals surface area contributed by atoms with Crippen LogP contribution in [-0.4, -0.2) is 21.7 Å². The van der Waals surface area contributed by atoms with Gasteiger partial charge in [0.2, 0.25) is 0 Å². The van der Waals surface area contributed by atoms with Gasteiger partial charge in [-0.2, -0.15) is 0 Å². The quantitative estimate of drug-likeness (QED) is 0.500. The molecule has 2 amide bonds. The fourth-order valence-electron chi connectivity index (χ4n) is 1.68. The maximum atomic E-state index is 11.7. The number of halogens is 1. The zero-order valence-corrected chi connectivity index (χ0v) is 12.9. The Morgan fingerprint density at radius 1 is 1.17 bits per heavy atom. The number of nitrogens with zero attached hydrogens (tertiary/aromatic N) is 2. The van der Waals surface area contributed by atoms with Crippen LogP contribution in [0.5, 0.6) is 0 Å². The lowest BCUT2D eigenvalue weighted by molar-refractivity contribution is -0.384. The van der Waals surface area contributed by atoms with Crippen molar-refractivity contribution in [1.29, 1.82) is 0 Å². The molecule has 0 spiro atoms. The van der Waals surface area contributed by atoms with Crippen molar-refractivity contribution in [2.75, 3.05) is 0 Å². The number of amides is 2. The van der Waals surface area contributed by atoms with Crippen molar-refractivity contribution in [3.63, 3.8) is 0 Å². The molecule has 0 fully saturated rings. The molecule has 0 unspecified atom stereocenters. The summed E-state index contributed by atoms with van der Waals surface area (Å²) in [4.78, 5) is 37.3. The molecule has 2 aromatic rings. The van der Waals surface area contributed by atoms with Gasteiger partial charge in [0.1, 0.15) is 5.02 Å². The fourth-order valence-corrected chi connectivity index (χ4v) is 1.87. The molecule has 0 atom stereocenters. The minimum absolute atomic E-state index is 0.00576. The summed E-state index contributed by atoms with van der Waals surface area (Å²) in [5.41, 5.74) is 4.92. The molecule has 0 aliphatic heterocycles. The first-order valence-electron chi connectivity index (χ1n) is 6.60. The molecule has 24 heavy (non-hydrogen) atoms. The standard InChI is InChI=1S/C15H11ClN4O4/c16-12-3-1-10(9-13(12)20(23)24)2-4-14(21)18-19-15(22)11-5-7-17-8-6-11/h1-9H,(H,18,21)(H,19,22)/b4-2+. The van der Waals surface area contributed by atoms with Crippen LogP contribution in [0.15, 0.2) is 48.8 Å². The number of carbonyl (C=O) groups is 2. The van der Waals surface area contributed by atoms with Crippen LogP contribution in [0.4, 0.5) is 5.69 Å². The van der Waals surface area contributed by atoms with E-state index in [4.69, 9.17) is 11.6 Å². The van der Waals surface area contributed by atoms with Gasteiger partial charge in [-0.15, -0.1) is 0 Å². The van der Waals surface area contributed by atoms with Gasteiger partial charge in [0.25, 0.3) is 17.5 Å². The smallest absolute Gasteiger partial charge is 0.268 e. The second-order valence-corrected chi connectivity index (χ2v) is 4.89. The van der Waals surface area contributed by atoms with Crippen molar-refractivity contribution < 1.29 is 14.5 Å². The first-order chi connectivity index (χ1) is 11.5. The molecule has 0 saturated heterocycles. The van der Waals surface area contributed by atoms with Crippen LogP contribution in [0, 0.1) is 10.1 Å². The normalized spacial score (nSPS) is 10.4. The van der Waals surface area contributed by atoms with Gasteiger partial charge in [0, 0.05) is 30.1 Å². The first kappa shape index (κ1) is 17.1. The summed E-state index contributed by atoms with van der Waals surface area (Å²) in [7, 11) is 0. The van der Waals surface area contributed by atoms with Gasteiger partial charge in [0.15, 0.2) is 0 Å². The Morgan fingerprint density at radius 3 is 2.54 bits per heavy atom. The number of nitrogens with one attached hydrogen (secondary N) is 2. The minimum Gasteiger partial charge on any atom is -0.268 e. The van der Waals surface area contributed by atoms with E-state index in [9.17, 15) is 19.7 Å². The molecule has 0 saturated carbocycles. The van der Waals surface area contributed by atoms with Gasteiger partial charge in [-0.1, -0.05) is 17.7 Å². The fraction of sp³-hybridized carbons (Fsp3) is 0. The molecule has 0 radical (unpaired) electrons. The number of pyridine rings is 1. The van der Waals surface area contributed by atoms with Crippen molar-refractivity contribution in [1.82, 2.24) is 15.8 Å². The Bertz CT molecular complexity index is 808. The predicted molar refractivity (Wildman–Crippen MR) is 87.0 cm³/mol. The number of rotatable bonds is 4. The SMILES string of the molecule is O=C(/C=C/c1ccc(Cl)c([N+](=O)[O-])c1)NNC(=O)c1ccncc1. The average Bonchev–Trinajstić information content (AvgIpc) is 2.59. The van der Waals surface area contributed by atoms with Crippen molar-refractivity contribution >= 4 is 35.2 Å². The maximum absolute atomic E-state index is 11.7. The second kappa shape index (κ2) is 7.84. The molecular formula is C15H11ClN4O4. The lowest BCUT2D eigenvalue weighted by Crippen LogP contribution is -2.40. The van der Waals surface area contributed by atoms with E-state index in [0.717, 1.165) is 6.08 Å². The summed E-state index contributed by atoms with van der Waals surface area (Å²) in [5, 5.41) is 10.8. The highest BCUT2D eigenvalue weighted by atomic mass is 35.5. The number of benzene rings is 1. The molecule has 0 aliphatic carbocycles. The van der Waals surface area contributed by atoms with Gasteiger partial charge >= 0.3 is 0 Å². The molecule has 9 heteroatoms. The van der Waals surface area contributed by atoms with Crippen molar-refractivity contribution in [3.8, 4) is 0 Å². The third-order valence-electron chi connectivity index (χ3n) is 2.84. The van der Waals surface area contributed by atoms with Crippen LogP contribution >= 0.6 is 11.6 Å².